The lowest BCUT2D eigenvalue weighted by atomic mass is 10.1. The predicted molar refractivity (Wildman–Crippen MR) is 78.3 cm³/mol. The summed E-state index contributed by atoms with van der Waals surface area (Å²) in [6, 6.07) is 10.3. The van der Waals surface area contributed by atoms with Crippen LogP contribution in [0.2, 0.25) is 0 Å². The first-order valence-corrected chi connectivity index (χ1v) is 6.71. The topological polar surface area (TPSA) is 74.7 Å². The molecule has 2 N–H and O–H groups in total. The Labute approximate surface area is 123 Å². The highest BCUT2D eigenvalue weighted by Crippen LogP contribution is 2.25. The Hall–Kier alpha value is -2.27. The van der Waals surface area contributed by atoms with Gasteiger partial charge in [0.1, 0.15) is 11.5 Å². The molecule has 0 saturated heterocycles. The smallest absolute Gasteiger partial charge is 0.373 e. The third-order valence-corrected chi connectivity index (χ3v) is 2.91. The highest BCUT2D eigenvalue weighted by molar-refractivity contribution is 5.86. The number of nitrogens with two attached hydrogens (primary N) is 1. The van der Waals surface area contributed by atoms with E-state index in [4.69, 9.17) is 14.9 Å². The van der Waals surface area contributed by atoms with Gasteiger partial charge in [-0.15, -0.1) is 0 Å². The van der Waals surface area contributed by atoms with Gasteiger partial charge in [-0.2, -0.15) is 0 Å². The summed E-state index contributed by atoms with van der Waals surface area (Å²) in [6.07, 6.45) is 0.0889. The standard InChI is InChI=1S/C16H19NO4/c1-10(2)20-12-6-4-5-11(9-12)15(17)13-7-8-14(21-13)16(18)19-3/h4-10,15H,17H2,1-3H3. The van der Waals surface area contributed by atoms with E-state index in [1.165, 1.54) is 7.11 Å². The van der Waals surface area contributed by atoms with Gasteiger partial charge in [-0.05, 0) is 43.7 Å². The Morgan fingerprint density at radius 3 is 2.67 bits per heavy atom. The van der Waals surface area contributed by atoms with Crippen molar-refractivity contribution in [3.8, 4) is 5.75 Å². The Kier molecular flexibility index (Phi) is 4.65. The van der Waals surface area contributed by atoms with E-state index in [0.717, 1.165) is 11.3 Å². The van der Waals surface area contributed by atoms with E-state index in [9.17, 15) is 4.79 Å². The second-order valence-corrected chi connectivity index (χ2v) is 4.91. The van der Waals surface area contributed by atoms with Gasteiger partial charge in [0.15, 0.2) is 0 Å². The molecule has 0 radical (unpaired) electrons. The SMILES string of the molecule is COC(=O)c1ccc(C(N)c2cccc(OC(C)C)c2)o1. The fourth-order valence-corrected chi connectivity index (χ4v) is 1.95. The minimum atomic E-state index is -0.523. The first-order valence-electron chi connectivity index (χ1n) is 6.71. The molecule has 2 aromatic rings. The molecule has 1 atom stereocenters. The molecule has 0 spiro atoms. The van der Waals surface area contributed by atoms with Crippen molar-refractivity contribution in [3.05, 3.63) is 53.5 Å². The Balaban J connectivity index is 2.21. The Bertz CT molecular complexity index is 618. The summed E-state index contributed by atoms with van der Waals surface area (Å²) in [4.78, 5) is 11.4. The van der Waals surface area contributed by atoms with Crippen LogP contribution in [0.5, 0.6) is 5.75 Å². The lowest BCUT2D eigenvalue weighted by Gasteiger charge is -2.13. The summed E-state index contributed by atoms with van der Waals surface area (Å²) in [5.41, 5.74) is 7.02. The molecule has 1 unspecified atom stereocenters. The zero-order valence-corrected chi connectivity index (χ0v) is 12.3. The highest BCUT2D eigenvalue weighted by Gasteiger charge is 2.17. The molecule has 0 aliphatic heterocycles. The lowest BCUT2D eigenvalue weighted by Crippen LogP contribution is -2.12. The molecule has 1 aromatic heterocycles. The van der Waals surface area contributed by atoms with Crippen molar-refractivity contribution >= 4 is 5.97 Å². The quantitative estimate of drug-likeness (QED) is 0.857. The van der Waals surface area contributed by atoms with Crippen LogP contribution in [0.3, 0.4) is 0 Å². The molecule has 0 saturated carbocycles. The number of methoxy groups -OCH3 is 1. The van der Waals surface area contributed by atoms with Crippen molar-refractivity contribution in [2.45, 2.75) is 26.0 Å². The number of carbonyl (C=O) groups excluding carboxylic acids is 1. The van der Waals surface area contributed by atoms with Gasteiger partial charge in [-0.25, -0.2) is 4.79 Å². The largest absolute Gasteiger partial charge is 0.491 e. The summed E-state index contributed by atoms with van der Waals surface area (Å²) in [6.45, 7) is 3.92. The van der Waals surface area contributed by atoms with Gasteiger partial charge in [0.05, 0.1) is 19.3 Å². The van der Waals surface area contributed by atoms with Gasteiger partial charge in [0.2, 0.25) is 5.76 Å². The zero-order valence-electron chi connectivity index (χ0n) is 12.3. The maximum Gasteiger partial charge on any atom is 0.373 e. The van der Waals surface area contributed by atoms with Crippen LogP contribution in [0.15, 0.2) is 40.8 Å². The first kappa shape index (κ1) is 15.1. The number of carbonyl (C=O) groups is 1. The van der Waals surface area contributed by atoms with E-state index in [1.807, 2.05) is 38.1 Å². The molecule has 0 aliphatic rings. The van der Waals surface area contributed by atoms with Gasteiger partial charge >= 0.3 is 5.97 Å². The van der Waals surface area contributed by atoms with E-state index >= 15 is 0 Å². The molecule has 2 rings (SSSR count). The van der Waals surface area contributed by atoms with Crippen LogP contribution >= 0.6 is 0 Å². The normalized spacial score (nSPS) is 12.2. The molecule has 112 valence electrons. The molecule has 5 nitrogen and oxygen atoms in total. The van der Waals surface area contributed by atoms with Gasteiger partial charge in [-0.1, -0.05) is 12.1 Å². The maximum absolute atomic E-state index is 11.4. The second-order valence-electron chi connectivity index (χ2n) is 4.91. The van der Waals surface area contributed by atoms with Crippen LogP contribution < -0.4 is 10.5 Å². The van der Waals surface area contributed by atoms with Crippen LogP contribution in [-0.4, -0.2) is 19.2 Å². The third kappa shape index (κ3) is 3.64. The van der Waals surface area contributed by atoms with E-state index in [2.05, 4.69) is 4.74 Å². The van der Waals surface area contributed by atoms with Crippen molar-refractivity contribution in [1.29, 1.82) is 0 Å². The van der Waals surface area contributed by atoms with Crippen molar-refractivity contribution in [2.24, 2.45) is 5.73 Å². The van der Waals surface area contributed by atoms with Gasteiger partial charge in [0.25, 0.3) is 0 Å². The lowest BCUT2D eigenvalue weighted by molar-refractivity contribution is 0.0562. The molecule has 0 aliphatic carbocycles. The van der Waals surface area contributed by atoms with E-state index in [0.29, 0.717) is 5.76 Å². The number of ether oxygens (including phenoxy) is 2. The van der Waals surface area contributed by atoms with Crippen LogP contribution in [0.25, 0.3) is 0 Å². The summed E-state index contributed by atoms with van der Waals surface area (Å²) in [7, 11) is 1.30. The van der Waals surface area contributed by atoms with Crippen molar-refractivity contribution < 1.29 is 18.7 Å². The molecule has 21 heavy (non-hydrogen) atoms. The number of hydrogen-bond acceptors (Lipinski definition) is 5. The van der Waals surface area contributed by atoms with Crippen molar-refractivity contribution in [1.82, 2.24) is 0 Å². The molecule has 1 aromatic carbocycles. The second kappa shape index (κ2) is 6.45. The summed E-state index contributed by atoms with van der Waals surface area (Å²) in [5.74, 6) is 0.859. The van der Waals surface area contributed by atoms with E-state index in [-0.39, 0.29) is 11.9 Å². The average molecular weight is 289 g/mol. The maximum atomic E-state index is 11.4. The van der Waals surface area contributed by atoms with Gasteiger partial charge < -0.3 is 19.6 Å². The summed E-state index contributed by atoms with van der Waals surface area (Å²) < 4.78 is 15.7. The van der Waals surface area contributed by atoms with Crippen molar-refractivity contribution in [3.63, 3.8) is 0 Å². The number of rotatable bonds is 5. The van der Waals surface area contributed by atoms with Crippen LogP contribution in [-0.2, 0) is 4.74 Å². The number of esters is 1. The van der Waals surface area contributed by atoms with Crippen LogP contribution in [0, 0.1) is 0 Å². The van der Waals surface area contributed by atoms with E-state index < -0.39 is 12.0 Å². The van der Waals surface area contributed by atoms with Gasteiger partial charge in [0, 0.05) is 0 Å². The minimum absolute atomic E-state index is 0.0889. The number of benzene rings is 1. The first-order chi connectivity index (χ1) is 10.0. The fraction of sp³-hybridized carbons (Fsp3) is 0.312. The molecule has 0 bridgehead atoms. The fourth-order valence-electron chi connectivity index (χ4n) is 1.95. The monoisotopic (exact) mass is 289 g/mol. The summed E-state index contributed by atoms with van der Waals surface area (Å²) >= 11 is 0. The Morgan fingerprint density at radius 2 is 2.00 bits per heavy atom. The molecular formula is C16H19NO4. The van der Waals surface area contributed by atoms with Crippen LogP contribution in [0.4, 0.5) is 0 Å². The molecular weight excluding hydrogens is 270 g/mol. The van der Waals surface area contributed by atoms with Crippen LogP contribution in [0.1, 0.15) is 41.8 Å². The average Bonchev–Trinajstić information content (AvgIpc) is 2.95. The number of hydrogen-bond donors (Lipinski definition) is 1. The third-order valence-electron chi connectivity index (χ3n) is 2.91. The van der Waals surface area contributed by atoms with Gasteiger partial charge in [-0.3, -0.25) is 0 Å². The minimum Gasteiger partial charge on any atom is -0.491 e. The van der Waals surface area contributed by atoms with E-state index in [1.54, 1.807) is 12.1 Å². The molecule has 0 amide bonds. The molecule has 0 fully saturated rings. The highest BCUT2D eigenvalue weighted by atomic mass is 16.5. The zero-order chi connectivity index (χ0) is 15.4. The molecule has 5 heteroatoms. The summed E-state index contributed by atoms with van der Waals surface area (Å²) in [5, 5.41) is 0. The molecule has 1 heterocycles. The Morgan fingerprint density at radius 1 is 1.24 bits per heavy atom. The van der Waals surface area contributed by atoms with Crippen molar-refractivity contribution in [2.75, 3.05) is 7.11 Å². The number of furan rings is 1. The predicted octanol–water partition coefficient (Wildman–Crippen LogP) is 2.90.